The Morgan fingerprint density at radius 1 is 1.08 bits per heavy atom. The Balaban J connectivity index is 1.60. The fourth-order valence-electron chi connectivity index (χ4n) is 2.82. The molecule has 1 heterocycles. The number of hydrogen-bond acceptors (Lipinski definition) is 3. The van der Waals surface area contributed by atoms with Crippen LogP contribution in [0, 0.1) is 0 Å². The molecule has 0 spiro atoms. The molecule has 1 atom stereocenters. The van der Waals surface area contributed by atoms with Gasteiger partial charge in [-0.1, -0.05) is 41.9 Å². The maximum atomic E-state index is 12.3. The number of benzene rings is 2. The minimum Gasteiger partial charge on any atom is -0.350 e. The number of nitrogens with one attached hydrogen (secondary N) is 1. The van der Waals surface area contributed by atoms with Gasteiger partial charge >= 0.3 is 0 Å². The third-order valence-corrected chi connectivity index (χ3v) is 4.41. The first kappa shape index (κ1) is 17.2. The summed E-state index contributed by atoms with van der Waals surface area (Å²) in [5.74, 6) is -1.02. The monoisotopic (exact) mass is 356 g/mol. The lowest BCUT2D eigenvalue weighted by molar-refractivity contribution is -0.121. The van der Waals surface area contributed by atoms with Crippen molar-refractivity contribution in [1.29, 1.82) is 0 Å². The van der Waals surface area contributed by atoms with Crippen molar-refractivity contribution >= 4 is 29.3 Å². The van der Waals surface area contributed by atoms with Gasteiger partial charge in [-0.2, -0.15) is 0 Å². The summed E-state index contributed by atoms with van der Waals surface area (Å²) >= 11 is 5.88. The van der Waals surface area contributed by atoms with E-state index >= 15 is 0 Å². The number of imide groups is 1. The van der Waals surface area contributed by atoms with Gasteiger partial charge in [0, 0.05) is 18.0 Å². The molecule has 3 amide bonds. The lowest BCUT2D eigenvalue weighted by atomic mass is 10.1. The van der Waals surface area contributed by atoms with E-state index in [9.17, 15) is 14.4 Å². The van der Waals surface area contributed by atoms with E-state index < -0.39 is 5.91 Å². The maximum Gasteiger partial charge on any atom is 0.261 e. The Kier molecular flexibility index (Phi) is 4.86. The molecule has 2 aromatic carbocycles. The molecule has 0 aromatic heterocycles. The summed E-state index contributed by atoms with van der Waals surface area (Å²) < 4.78 is 0. The van der Waals surface area contributed by atoms with Crippen LogP contribution >= 0.6 is 11.6 Å². The van der Waals surface area contributed by atoms with Gasteiger partial charge in [0.25, 0.3) is 11.8 Å². The molecule has 0 radical (unpaired) electrons. The summed E-state index contributed by atoms with van der Waals surface area (Å²) in [6, 6.07) is 14.0. The zero-order chi connectivity index (χ0) is 18.0. The molecule has 1 aliphatic heterocycles. The number of carbonyl (C=O) groups is 3. The zero-order valence-corrected chi connectivity index (χ0v) is 14.4. The Labute approximate surface area is 150 Å². The van der Waals surface area contributed by atoms with Crippen LogP contribution in [-0.4, -0.2) is 29.2 Å². The largest absolute Gasteiger partial charge is 0.350 e. The molecule has 2 aromatic rings. The summed E-state index contributed by atoms with van der Waals surface area (Å²) in [7, 11) is 0. The molecule has 1 unspecified atom stereocenters. The van der Waals surface area contributed by atoms with Crippen molar-refractivity contribution in [2.45, 2.75) is 19.4 Å². The van der Waals surface area contributed by atoms with Gasteiger partial charge in [0.15, 0.2) is 0 Å². The van der Waals surface area contributed by atoms with Gasteiger partial charge in [0.2, 0.25) is 5.91 Å². The number of carbonyl (C=O) groups excluding carboxylic acids is 3. The van der Waals surface area contributed by atoms with E-state index in [0.717, 1.165) is 10.5 Å². The zero-order valence-electron chi connectivity index (χ0n) is 13.7. The number of hydrogen-bond donors (Lipinski definition) is 1. The molecule has 25 heavy (non-hydrogen) atoms. The van der Waals surface area contributed by atoms with Crippen molar-refractivity contribution in [3.63, 3.8) is 0 Å². The van der Waals surface area contributed by atoms with E-state index in [1.165, 1.54) is 12.1 Å². The molecule has 6 heteroatoms. The first-order valence-corrected chi connectivity index (χ1v) is 8.35. The summed E-state index contributed by atoms with van der Waals surface area (Å²) in [5, 5.41) is 3.27. The molecule has 0 aliphatic carbocycles. The second-order valence-corrected chi connectivity index (χ2v) is 6.34. The van der Waals surface area contributed by atoms with Crippen molar-refractivity contribution in [3.05, 3.63) is 70.2 Å². The molecule has 5 nitrogen and oxygen atoms in total. The number of nitrogens with zero attached hydrogens (tertiary/aromatic N) is 1. The van der Waals surface area contributed by atoms with E-state index in [1.54, 1.807) is 6.07 Å². The van der Waals surface area contributed by atoms with Crippen LogP contribution in [0.25, 0.3) is 0 Å². The molecular formula is C19H17ClN2O3. The van der Waals surface area contributed by atoms with Gasteiger partial charge in [-0.3, -0.25) is 19.3 Å². The SMILES string of the molecule is CC(NC(=O)CCN1C(=O)c2ccc(Cl)cc2C1=O)c1ccccc1. The van der Waals surface area contributed by atoms with Gasteiger partial charge < -0.3 is 5.32 Å². The van der Waals surface area contributed by atoms with Crippen molar-refractivity contribution < 1.29 is 14.4 Å². The molecule has 0 saturated carbocycles. The summed E-state index contributed by atoms with van der Waals surface area (Å²) in [6.45, 7) is 1.93. The molecule has 3 rings (SSSR count). The lowest BCUT2D eigenvalue weighted by Crippen LogP contribution is -2.35. The third kappa shape index (κ3) is 3.56. The quantitative estimate of drug-likeness (QED) is 0.836. The summed E-state index contributed by atoms with van der Waals surface area (Å²) in [4.78, 5) is 37.9. The highest BCUT2D eigenvalue weighted by Gasteiger charge is 2.35. The lowest BCUT2D eigenvalue weighted by Gasteiger charge is -2.16. The van der Waals surface area contributed by atoms with Crippen LogP contribution in [0.5, 0.6) is 0 Å². The number of rotatable bonds is 5. The minimum absolute atomic E-state index is 0.0390. The highest BCUT2D eigenvalue weighted by Crippen LogP contribution is 2.25. The van der Waals surface area contributed by atoms with E-state index in [0.29, 0.717) is 10.6 Å². The van der Waals surface area contributed by atoms with E-state index in [2.05, 4.69) is 5.32 Å². The van der Waals surface area contributed by atoms with Crippen molar-refractivity contribution in [2.75, 3.05) is 6.54 Å². The molecule has 0 bridgehead atoms. The van der Waals surface area contributed by atoms with E-state index in [4.69, 9.17) is 11.6 Å². The highest BCUT2D eigenvalue weighted by molar-refractivity contribution is 6.32. The molecule has 1 aliphatic rings. The van der Waals surface area contributed by atoms with Gasteiger partial charge in [-0.25, -0.2) is 0 Å². The smallest absolute Gasteiger partial charge is 0.261 e. The fourth-order valence-corrected chi connectivity index (χ4v) is 2.99. The average Bonchev–Trinajstić information content (AvgIpc) is 2.84. The number of amides is 3. The predicted molar refractivity (Wildman–Crippen MR) is 94.4 cm³/mol. The molecule has 128 valence electrons. The second kappa shape index (κ2) is 7.07. The summed E-state index contributed by atoms with van der Waals surface area (Å²) in [6.07, 6.45) is 0.0520. The first-order valence-electron chi connectivity index (χ1n) is 7.97. The normalized spacial score (nSPS) is 14.4. The van der Waals surface area contributed by atoms with Crippen LogP contribution in [0.15, 0.2) is 48.5 Å². The van der Waals surface area contributed by atoms with Crippen LogP contribution in [0.4, 0.5) is 0 Å². The average molecular weight is 357 g/mol. The van der Waals surface area contributed by atoms with Crippen LogP contribution in [0.2, 0.25) is 5.02 Å². The van der Waals surface area contributed by atoms with Gasteiger partial charge in [-0.05, 0) is 30.7 Å². The Morgan fingerprint density at radius 2 is 1.76 bits per heavy atom. The first-order chi connectivity index (χ1) is 12.0. The predicted octanol–water partition coefficient (Wildman–Crippen LogP) is 3.20. The topological polar surface area (TPSA) is 66.5 Å². The molecule has 1 N–H and O–H groups in total. The van der Waals surface area contributed by atoms with Crippen molar-refractivity contribution in [2.24, 2.45) is 0 Å². The number of halogens is 1. The van der Waals surface area contributed by atoms with Crippen LogP contribution < -0.4 is 5.32 Å². The standard InChI is InChI=1S/C19H17ClN2O3/c1-12(13-5-3-2-4-6-13)21-17(23)9-10-22-18(24)15-8-7-14(20)11-16(15)19(22)25/h2-8,11-12H,9-10H2,1H3,(H,21,23). The highest BCUT2D eigenvalue weighted by atomic mass is 35.5. The molecular weight excluding hydrogens is 340 g/mol. The van der Waals surface area contributed by atoms with Crippen LogP contribution in [-0.2, 0) is 4.79 Å². The van der Waals surface area contributed by atoms with Gasteiger partial charge in [0.1, 0.15) is 0 Å². The Bertz CT molecular complexity index is 836. The summed E-state index contributed by atoms with van der Waals surface area (Å²) in [5.41, 5.74) is 1.61. The molecule has 0 fully saturated rings. The van der Waals surface area contributed by atoms with Gasteiger partial charge in [0.05, 0.1) is 17.2 Å². The van der Waals surface area contributed by atoms with Crippen molar-refractivity contribution in [1.82, 2.24) is 10.2 Å². The Hall–Kier alpha value is -2.66. The van der Waals surface area contributed by atoms with Gasteiger partial charge in [-0.15, -0.1) is 0 Å². The third-order valence-electron chi connectivity index (χ3n) is 4.17. The van der Waals surface area contributed by atoms with Crippen LogP contribution in [0.1, 0.15) is 45.7 Å². The number of fused-ring (bicyclic) bond motifs is 1. The molecule has 0 saturated heterocycles. The Morgan fingerprint density at radius 3 is 2.48 bits per heavy atom. The van der Waals surface area contributed by atoms with E-state index in [-0.39, 0.29) is 36.4 Å². The maximum absolute atomic E-state index is 12.3. The van der Waals surface area contributed by atoms with E-state index in [1.807, 2.05) is 37.3 Å². The van der Waals surface area contributed by atoms with Crippen LogP contribution in [0.3, 0.4) is 0 Å². The van der Waals surface area contributed by atoms with Crippen molar-refractivity contribution in [3.8, 4) is 0 Å². The fraction of sp³-hybridized carbons (Fsp3) is 0.211. The minimum atomic E-state index is -0.411. The second-order valence-electron chi connectivity index (χ2n) is 5.90.